The minimum Gasteiger partial charge on any atom is -0.506 e. The molecule has 3 rings (SSSR count). The largest absolute Gasteiger partial charge is 0.506 e. The van der Waals surface area contributed by atoms with Crippen LogP contribution in [-0.2, 0) is 19.3 Å². The number of benzene rings is 3. The second kappa shape index (κ2) is 15.7. The van der Waals surface area contributed by atoms with E-state index in [0.717, 1.165) is 55.2 Å². The lowest BCUT2D eigenvalue weighted by atomic mass is 10.1. The average molecular weight is 512 g/mol. The topological polar surface area (TPSA) is 60.7 Å². The minimum atomic E-state index is 0.168. The molecule has 0 heterocycles. The van der Waals surface area contributed by atoms with Gasteiger partial charge in [0.25, 0.3) is 0 Å². The lowest BCUT2D eigenvalue weighted by molar-refractivity contribution is 0.474. The van der Waals surface area contributed by atoms with Gasteiger partial charge in [-0.05, 0) is 60.6 Å². The molecule has 180 valence electrons. The summed E-state index contributed by atoms with van der Waals surface area (Å²) in [6.45, 7) is 6.22. The smallest absolute Gasteiger partial charge is 0.134 e. The van der Waals surface area contributed by atoms with Crippen LogP contribution in [0.25, 0.3) is 0 Å². The van der Waals surface area contributed by atoms with Crippen molar-refractivity contribution >= 4 is 34.8 Å². The maximum absolute atomic E-state index is 9.27. The van der Waals surface area contributed by atoms with E-state index in [9.17, 15) is 10.2 Å². The van der Waals surface area contributed by atoms with Gasteiger partial charge < -0.3 is 15.3 Å². The van der Waals surface area contributed by atoms with Crippen LogP contribution in [-0.4, -0.2) is 15.3 Å². The second-order valence-electron chi connectivity index (χ2n) is 7.46. The molecule has 0 bridgehead atoms. The van der Waals surface area contributed by atoms with E-state index >= 15 is 0 Å². The first-order valence-electron chi connectivity index (χ1n) is 11.2. The second-order valence-corrected chi connectivity index (χ2v) is 8.59. The molecule has 0 atom stereocenters. The Morgan fingerprint density at radius 3 is 1.30 bits per heavy atom. The van der Waals surface area contributed by atoms with Crippen LogP contribution >= 0.6 is 34.8 Å². The van der Waals surface area contributed by atoms with Crippen LogP contribution in [0.5, 0.6) is 17.2 Å². The molecule has 0 fully saturated rings. The highest BCUT2D eigenvalue weighted by Crippen LogP contribution is 2.28. The molecular weight excluding hydrogens is 479 g/mol. The molecule has 3 aromatic rings. The number of hydrogen-bond acceptors (Lipinski definition) is 3. The van der Waals surface area contributed by atoms with E-state index in [1.54, 1.807) is 24.3 Å². The van der Waals surface area contributed by atoms with E-state index in [1.165, 1.54) is 0 Å². The average Bonchev–Trinajstić information content (AvgIpc) is 2.81. The first kappa shape index (κ1) is 29.0. The summed E-state index contributed by atoms with van der Waals surface area (Å²) in [4.78, 5) is 0. The fourth-order valence-electron chi connectivity index (χ4n) is 2.99. The van der Waals surface area contributed by atoms with E-state index in [1.807, 2.05) is 37.3 Å². The Labute approximate surface area is 212 Å². The Bertz CT molecular complexity index is 990. The van der Waals surface area contributed by atoms with Gasteiger partial charge in [0.15, 0.2) is 0 Å². The molecule has 0 unspecified atom stereocenters. The van der Waals surface area contributed by atoms with Gasteiger partial charge in [0, 0.05) is 0 Å². The fourth-order valence-corrected chi connectivity index (χ4v) is 3.70. The summed E-state index contributed by atoms with van der Waals surface area (Å²) in [5.41, 5.74) is 3.05. The normalized spacial score (nSPS) is 10.0. The third kappa shape index (κ3) is 9.75. The third-order valence-electron chi connectivity index (χ3n) is 4.87. The first-order chi connectivity index (χ1) is 15.8. The molecule has 3 N–H and O–H groups in total. The molecule has 6 heteroatoms. The number of halogens is 3. The summed E-state index contributed by atoms with van der Waals surface area (Å²) in [5.74, 6) is 0.531. The molecule has 0 saturated heterocycles. The molecule has 0 aromatic heterocycles. The number of phenolic OH excluding ortho intramolecular Hbond substituents is 3. The SMILES string of the molecule is CCCCc1cccc(O)c1Cl.CCCc1cccc(O)c1Cl.CCc1cccc(O)c1Cl. The lowest BCUT2D eigenvalue weighted by Crippen LogP contribution is -1.85. The van der Waals surface area contributed by atoms with E-state index in [0.29, 0.717) is 15.1 Å². The van der Waals surface area contributed by atoms with Crippen LogP contribution in [0.15, 0.2) is 54.6 Å². The summed E-state index contributed by atoms with van der Waals surface area (Å²) in [7, 11) is 0. The van der Waals surface area contributed by atoms with Gasteiger partial charge in [-0.25, -0.2) is 0 Å². The monoisotopic (exact) mass is 510 g/mol. The molecule has 33 heavy (non-hydrogen) atoms. The molecule has 0 aliphatic heterocycles. The van der Waals surface area contributed by atoms with Crippen LogP contribution in [0.1, 0.15) is 56.7 Å². The van der Waals surface area contributed by atoms with Crippen molar-refractivity contribution in [3.8, 4) is 17.2 Å². The van der Waals surface area contributed by atoms with Crippen molar-refractivity contribution in [1.29, 1.82) is 0 Å². The summed E-state index contributed by atoms with van der Waals surface area (Å²) in [5, 5.41) is 29.0. The third-order valence-corrected chi connectivity index (χ3v) is 6.18. The van der Waals surface area contributed by atoms with Crippen LogP contribution in [0, 0.1) is 0 Å². The number of rotatable bonds is 6. The van der Waals surface area contributed by atoms with E-state index in [-0.39, 0.29) is 17.2 Å². The summed E-state index contributed by atoms with van der Waals surface area (Å²) < 4.78 is 0. The Hall–Kier alpha value is -2.07. The molecule has 3 nitrogen and oxygen atoms in total. The van der Waals surface area contributed by atoms with Gasteiger partial charge in [-0.15, -0.1) is 0 Å². The molecule has 0 amide bonds. The molecule has 0 spiro atoms. The van der Waals surface area contributed by atoms with Crippen LogP contribution in [0.3, 0.4) is 0 Å². The number of aromatic hydroxyl groups is 3. The van der Waals surface area contributed by atoms with Crippen LogP contribution in [0.2, 0.25) is 15.1 Å². The highest BCUT2D eigenvalue weighted by molar-refractivity contribution is 6.33. The van der Waals surface area contributed by atoms with Crippen molar-refractivity contribution in [3.05, 3.63) is 86.4 Å². The highest BCUT2D eigenvalue weighted by Gasteiger charge is 2.04. The molecule has 0 saturated carbocycles. The first-order valence-corrected chi connectivity index (χ1v) is 12.3. The van der Waals surface area contributed by atoms with Gasteiger partial charge >= 0.3 is 0 Å². The summed E-state index contributed by atoms with van der Waals surface area (Å²) in [6, 6.07) is 16.0. The lowest BCUT2D eigenvalue weighted by Gasteiger charge is -2.03. The van der Waals surface area contributed by atoms with Crippen molar-refractivity contribution in [1.82, 2.24) is 0 Å². The zero-order chi connectivity index (χ0) is 24.8. The highest BCUT2D eigenvalue weighted by atomic mass is 35.5. The van der Waals surface area contributed by atoms with Crippen LogP contribution < -0.4 is 0 Å². The Balaban J connectivity index is 0.000000249. The predicted molar refractivity (Wildman–Crippen MR) is 141 cm³/mol. The molecule has 0 radical (unpaired) electrons. The van der Waals surface area contributed by atoms with E-state index in [2.05, 4.69) is 13.8 Å². The Kier molecular flexibility index (Phi) is 13.8. The van der Waals surface area contributed by atoms with Gasteiger partial charge in [0.1, 0.15) is 17.2 Å². The van der Waals surface area contributed by atoms with Crippen molar-refractivity contribution in [2.24, 2.45) is 0 Å². The minimum absolute atomic E-state index is 0.168. The van der Waals surface area contributed by atoms with E-state index in [4.69, 9.17) is 39.9 Å². The Morgan fingerprint density at radius 2 is 0.939 bits per heavy atom. The summed E-state index contributed by atoms with van der Waals surface area (Å²) in [6.07, 6.45) is 6.03. The van der Waals surface area contributed by atoms with Gasteiger partial charge in [0.05, 0.1) is 15.1 Å². The van der Waals surface area contributed by atoms with Gasteiger partial charge in [-0.3, -0.25) is 0 Å². The van der Waals surface area contributed by atoms with Gasteiger partial charge in [-0.1, -0.05) is 105 Å². The molecule has 0 aliphatic carbocycles. The van der Waals surface area contributed by atoms with Crippen LogP contribution in [0.4, 0.5) is 0 Å². The quantitative estimate of drug-likeness (QED) is 0.309. The fraction of sp³-hybridized carbons (Fsp3) is 0.333. The molecular formula is C27H33Cl3O3. The molecule has 0 aliphatic rings. The van der Waals surface area contributed by atoms with Crippen molar-refractivity contribution in [2.75, 3.05) is 0 Å². The van der Waals surface area contributed by atoms with Crippen molar-refractivity contribution in [2.45, 2.75) is 59.3 Å². The van der Waals surface area contributed by atoms with Crippen molar-refractivity contribution in [3.63, 3.8) is 0 Å². The number of hydrogen-bond donors (Lipinski definition) is 3. The van der Waals surface area contributed by atoms with E-state index < -0.39 is 0 Å². The summed E-state index contributed by atoms with van der Waals surface area (Å²) >= 11 is 17.4. The standard InChI is InChI=1S/C10H13ClO.C9H11ClO.C8H9ClO/c1-2-3-5-8-6-4-7-9(12)10(8)11;1-2-4-7-5-3-6-8(11)9(7)10;1-2-6-4-3-5-7(10)8(6)9/h4,6-7,12H,2-3,5H2,1H3;3,5-6,11H,2,4H2,1H3;3-5,10H,2H2,1H3. The van der Waals surface area contributed by atoms with Gasteiger partial charge in [-0.2, -0.15) is 0 Å². The number of unbranched alkanes of at least 4 members (excludes halogenated alkanes) is 1. The number of phenols is 3. The zero-order valence-electron chi connectivity index (χ0n) is 19.4. The maximum atomic E-state index is 9.27. The maximum Gasteiger partial charge on any atom is 0.134 e. The molecule has 3 aromatic carbocycles. The predicted octanol–water partition coefficient (Wildman–Crippen LogP) is 8.99. The van der Waals surface area contributed by atoms with Crippen molar-refractivity contribution < 1.29 is 15.3 Å². The Morgan fingerprint density at radius 1 is 0.545 bits per heavy atom. The number of aryl methyl sites for hydroxylation is 3. The van der Waals surface area contributed by atoms with Gasteiger partial charge in [0.2, 0.25) is 0 Å². The zero-order valence-corrected chi connectivity index (χ0v) is 21.7.